The SMILES string of the molecule is [N-]=[N+]=NC1(CO)[C@@H](O)[C@@H](O)[C@H](O)[C@@H]1O. The van der Waals surface area contributed by atoms with E-state index in [-0.39, 0.29) is 0 Å². The van der Waals surface area contributed by atoms with Crippen molar-refractivity contribution < 1.29 is 25.5 Å². The number of aliphatic hydroxyl groups is 5. The summed E-state index contributed by atoms with van der Waals surface area (Å²) < 4.78 is 0. The third-order valence-corrected chi connectivity index (χ3v) is 2.51. The molecule has 0 aromatic heterocycles. The Bertz CT molecular complexity index is 252. The van der Waals surface area contributed by atoms with Gasteiger partial charge in [-0.15, -0.1) is 0 Å². The molecule has 0 aromatic carbocycles. The van der Waals surface area contributed by atoms with Gasteiger partial charge in [0.15, 0.2) is 0 Å². The molecular weight excluding hydrogens is 194 g/mol. The molecule has 0 heterocycles. The van der Waals surface area contributed by atoms with Gasteiger partial charge in [0.2, 0.25) is 0 Å². The highest BCUT2D eigenvalue weighted by Gasteiger charge is 2.59. The molecule has 0 bridgehead atoms. The van der Waals surface area contributed by atoms with Gasteiger partial charge in [0, 0.05) is 4.91 Å². The molecule has 8 nitrogen and oxygen atoms in total. The quantitative estimate of drug-likeness (QED) is 0.191. The van der Waals surface area contributed by atoms with Gasteiger partial charge in [-0.05, 0) is 5.53 Å². The molecule has 14 heavy (non-hydrogen) atoms. The number of azide groups is 1. The van der Waals surface area contributed by atoms with Crippen LogP contribution in [0.25, 0.3) is 10.4 Å². The molecule has 1 aliphatic rings. The fourth-order valence-corrected chi connectivity index (χ4v) is 1.56. The summed E-state index contributed by atoms with van der Waals surface area (Å²) in [5.74, 6) is 0. The summed E-state index contributed by atoms with van der Waals surface area (Å²) in [6.07, 6.45) is -6.70. The van der Waals surface area contributed by atoms with E-state index in [1.54, 1.807) is 0 Å². The van der Waals surface area contributed by atoms with Crippen molar-refractivity contribution in [2.45, 2.75) is 30.0 Å². The van der Waals surface area contributed by atoms with E-state index in [2.05, 4.69) is 10.0 Å². The van der Waals surface area contributed by atoms with Crippen molar-refractivity contribution in [2.24, 2.45) is 5.11 Å². The molecule has 0 unspecified atom stereocenters. The van der Waals surface area contributed by atoms with E-state index in [1.807, 2.05) is 0 Å². The fraction of sp³-hybridized carbons (Fsp3) is 1.00. The van der Waals surface area contributed by atoms with Gasteiger partial charge in [-0.2, -0.15) is 0 Å². The van der Waals surface area contributed by atoms with E-state index in [1.165, 1.54) is 0 Å². The Morgan fingerprint density at radius 3 is 1.86 bits per heavy atom. The van der Waals surface area contributed by atoms with Gasteiger partial charge < -0.3 is 25.5 Å². The van der Waals surface area contributed by atoms with E-state index in [0.717, 1.165) is 0 Å². The normalized spacial score (nSPS) is 47.5. The topological polar surface area (TPSA) is 150 Å². The van der Waals surface area contributed by atoms with Crippen molar-refractivity contribution in [1.82, 2.24) is 0 Å². The van der Waals surface area contributed by atoms with Crippen molar-refractivity contribution in [3.05, 3.63) is 10.4 Å². The molecular formula is C6H11N3O5. The lowest BCUT2D eigenvalue weighted by Gasteiger charge is -2.27. The maximum absolute atomic E-state index is 9.39. The van der Waals surface area contributed by atoms with Gasteiger partial charge in [-0.1, -0.05) is 5.11 Å². The fourth-order valence-electron chi connectivity index (χ4n) is 1.56. The van der Waals surface area contributed by atoms with Crippen molar-refractivity contribution in [3.8, 4) is 0 Å². The first-order chi connectivity index (χ1) is 6.51. The Morgan fingerprint density at radius 2 is 1.57 bits per heavy atom. The first kappa shape index (κ1) is 11.2. The number of hydrogen-bond donors (Lipinski definition) is 5. The maximum Gasteiger partial charge on any atom is 0.129 e. The second-order valence-corrected chi connectivity index (χ2v) is 3.21. The average Bonchev–Trinajstić information content (AvgIpc) is 2.34. The lowest BCUT2D eigenvalue weighted by molar-refractivity contribution is -0.0413. The molecule has 0 aromatic rings. The summed E-state index contributed by atoms with van der Waals surface area (Å²) in [6.45, 7) is -0.868. The standard InChI is InChI=1S/C6H11N3O5/c7-9-8-6(1-10)4(13)2(11)3(12)5(6)14/h2-5,10-14H,1H2/t2-,3-,4-,5-/m0/s1. The van der Waals surface area contributed by atoms with Crippen molar-refractivity contribution in [3.63, 3.8) is 0 Å². The van der Waals surface area contributed by atoms with Gasteiger partial charge in [0.05, 0.1) is 18.8 Å². The molecule has 1 saturated carbocycles. The van der Waals surface area contributed by atoms with Crippen LogP contribution < -0.4 is 0 Å². The van der Waals surface area contributed by atoms with Gasteiger partial charge in [-0.3, -0.25) is 0 Å². The number of hydrogen-bond acceptors (Lipinski definition) is 6. The zero-order valence-electron chi connectivity index (χ0n) is 7.09. The number of nitrogens with zero attached hydrogens (tertiary/aromatic N) is 3. The molecule has 0 spiro atoms. The van der Waals surface area contributed by atoms with Crippen LogP contribution in [-0.2, 0) is 0 Å². The minimum absolute atomic E-state index is 0.868. The highest BCUT2D eigenvalue weighted by molar-refractivity contribution is 5.14. The number of aliphatic hydroxyl groups excluding tert-OH is 5. The van der Waals surface area contributed by atoms with Gasteiger partial charge in [0.25, 0.3) is 0 Å². The van der Waals surface area contributed by atoms with Crippen LogP contribution in [0.15, 0.2) is 5.11 Å². The van der Waals surface area contributed by atoms with E-state index in [4.69, 9.17) is 10.6 Å². The van der Waals surface area contributed by atoms with Crippen LogP contribution in [0, 0.1) is 0 Å². The van der Waals surface area contributed by atoms with E-state index in [9.17, 15) is 20.4 Å². The molecule has 1 aliphatic carbocycles. The summed E-state index contributed by atoms with van der Waals surface area (Å²) in [5.41, 5.74) is 6.21. The smallest absolute Gasteiger partial charge is 0.129 e. The molecule has 5 N–H and O–H groups in total. The Balaban J connectivity index is 3.12. The Labute approximate surface area is 78.7 Å². The largest absolute Gasteiger partial charge is 0.395 e. The lowest BCUT2D eigenvalue weighted by Crippen LogP contribution is -2.50. The Kier molecular flexibility index (Phi) is 2.95. The first-order valence-electron chi connectivity index (χ1n) is 3.90. The molecule has 0 saturated heterocycles. The zero-order chi connectivity index (χ0) is 10.9. The maximum atomic E-state index is 9.39. The number of rotatable bonds is 2. The third kappa shape index (κ3) is 1.25. The highest BCUT2D eigenvalue weighted by atomic mass is 16.4. The van der Waals surface area contributed by atoms with Crippen LogP contribution >= 0.6 is 0 Å². The summed E-state index contributed by atoms with van der Waals surface area (Å²) in [4.78, 5) is 2.35. The predicted octanol–water partition coefficient (Wildman–Crippen LogP) is -2.52. The Morgan fingerprint density at radius 1 is 1.14 bits per heavy atom. The van der Waals surface area contributed by atoms with Crippen LogP contribution in [-0.4, -0.2) is 62.1 Å². The van der Waals surface area contributed by atoms with Crippen LogP contribution in [0.2, 0.25) is 0 Å². The molecule has 1 rings (SSSR count). The summed E-state index contributed by atoms with van der Waals surface area (Å²) >= 11 is 0. The summed E-state index contributed by atoms with van der Waals surface area (Å²) in [6, 6.07) is 0. The molecule has 8 heteroatoms. The van der Waals surface area contributed by atoms with Gasteiger partial charge in [0.1, 0.15) is 17.7 Å². The van der Waals surface area contributed by atoms with Crippen molar-refractivity contribution >= 4 is 0 Å². The van der Waals surface area contributed by atoms with Crippen LogP contribution in [0.5, 0.6) is 0 Å². The van der Waals surface area contributed by atoms with Gasteiger partial charge >= 0.3 is 0 Å². The molecule has 80 valence electrons. The molecule has 0 aliphatic heterocycles. The average molecular weight is 205 g/mol. The molecule has 0 radical (unpaired) electrons. The first-order valence-corrected chi connectivity index (χ1v) is 3.90. The second-order valence-electron chi connectivity index (χ2n) is 3.21. The highest BCUT2D eigenvalue weighted by Crippen LogP contribution is 2.34. The van der Waals surface area contributed by atoms with E-state index in [0.29, 0.717) is 0 Å². The Hall–Kier alpha value is -0.890. The van der Waals surface area contributed by atoms with Crippen LogP contribution in [0.1, 0.15) is 0 Å². The minimum Gasteiger partial charge on any atom is -0.395 e. The summed E-state index contributed by atoms with van der Waals surface area (Å²) in [5, 5.41) is 49.1. The molecule has 4 atom stereocenters. The molecule has 1 fully saturated rings. The van der Waals surface area contributed by atoms with Crippen LogP contribution in [0.4, 0.5) is 0 Å². The van der Waals surface area contributed by atoms with Crippen molar-refractivity contribution in [1.29, 1.82) is 0 Å². The lowest BCUT2D eigenvalue weighted by atomic mass is 9.95. The van der Waals surface area contributed by atoms with Gasteiger partial charge in [-0.25, -0.2) is 0 Å². The third-order valence-electron chi connectivity index (χ3n) is 2.51. The van der Waals surface area contributed by atoms with E-state index < -0.39 is 36.6 Å². The summed E-state index contributed by atoms with van der Waals surface area (Å²) in [7, 11) is 0. The monoisotopic (exact) mass is 205 g/mol. The van der Waals surface area contributed by atoms with Crippen LogP contribution in [0.3, 0.4) is 0 Å². The second kappa shape index (κ2) is 3.70. The molecule has 0 amide bonds. The minimum atomic E-state index is -1.98. The predicted molar refractivity (Wildman–Crippen MR) is 43.0 cm³/mol. The van der Waals surface area contributed by atoms with E-state index >= 15 is 0 Å². The zero-order valence-corrected chi connectivity index (χ0v) is 7.09. The van der Waals surface area contributed by atoms with Crippen molar-refractivity contribution in [2.75, 3.05) is 6.61 Å².